The maximum Gasteiger partial charge on any atom is 0.239 e. The Bertz CT molecular complexity index is 456. The van der Waals surface area contributed by atoms with Gasteiger partial charge in [0, 0.05) is 25.8 Å². The summed E-state index contributed by atoms with van der Waals surface area (Å²) in [6.45, 7) is 6.04. The van der Waals surface area contributed by atoms with E-state index in [0.717, 1.165) is 24.5 Å². The molecule has 1 fully saturated rings. The summed E-state index contributed by atoms with van der Waals surface area (Å²) in [6.07, 6.45) is 6.95. The minimum absolute atomic E-state index is 0.154. The van der Waals surface area contributed by atoms with E-state index in [0.29, 0.717) is 6.54 Å². The van der Waals surface area contributed by atoms with Crippen molar-refractivity contribution in [2.75, 3.05) is 18.0 Å². The molecule has 1 aromatic rings. The molecular weight excluding hydrogens is 264 g/mol. The third kappa shape index (κ3) is 4.70. The molecule has 0 saturated carbocycles. The molecule has 1 saturated heterocycles. The summed E-state index contributed by atoms with van der Waals surface area (Å²) in [5.74, 6) is 0.880. The average molecular weight is 290 g/mol. The second-order valence-corrected chi connectivity index (χ2v) is 6.33. The van der Waals surface area contributed by atoms with Gasteiger partial charge in [-0.05, 0) is 38.3 Å². The van der Waals surface area contributed by atoms with Gasteiger partial charge in [-0.3, -0.25) is 4.79 Å². The van der Waals surface area contributed by atoms with Crippen LogP contribution in [0.5, 0.6) is 0 Å². The molecule has 0 radical (unpaired) electrons. The Morgan fingerprint density at radius 1 is 1.29 bits per heavy atom. The standard InChI is InChI=1S/C16H26N4O/c1-16(2,17)15(21)19-12-13-7-8-14(18-11-13)20-9-5-3-4-6-10-20/h7-8,11H,3-6,9-10,12,17H2,1-2H3,(H,19,21). The molecule has 0 aromatic carbocycles. The number of amides is 1. The van der Waals surface area contributed by atoms with E-state index in [4.69, 9.17) is 5.73 Å². The second-order valence-electron chi connectivity index (χ2n) is 6.33. The van der Waals surface area contributed by atoms with Gasteiger partial charge in [0.25, 0.3) is 0 Å². The smallest absolute Gasteiger partial charge is 0.239 e. The molecule has 0 unspecified atom stereocenters. The monoisotopic (exact) mass is 290 g/mol. The Morgan fingerprint density at radius 3 is 2.48 bits per heavy atom. The van der Waals surface area contributed by atoms with Crippen LogP contribution in [-0.2, 0) is 11.3 Å². The number of carbonyl (C=O) groups is 1. The number of carbonyl (C=O) groups excluding carboxylic acids is 1. The van der Waals surface area contributed by atoms with E-state index in [2.05, 4.69) is 15.2 Å². The molecule has 1 aromatic heterocycles. The Kier molecular flexibility index (Phi) is 5.17. The summed E-state index contributed by atoms with van der Waals surface area (Å²) < 4.78 is 0. The lowest BCUT2D eigenvalue weighted by Gasteiger charge is -2.21. The number of pyridine rings is 1. The van der Waals surface area contributed by atoms with E-state index in [1.54, 1.807) is 13.8 Å². The van der Waals surface area contributed by atoms with Crippen LogP contribution in [0, 0.1) is 0 Å². The van der Waals surface area contributed by atoms with Gasteiger partial charge < -0.3 is 16.0 Å². The van der Waals surface area contributed by atoms with E-state index in [1.807, 2.05) is 18.3 Å². The van der Waals surface area contributed by atoms with Crippen LogP contribution in [0.15, 0.2) is 18.3 Å². The molecule has 0 bridgehead atoms. The molecule has 0 atom stereocenters. The number of rotatable bonds is 4. The fourth-order valence-corrected chi connectivity index (χ4v) is 2.42. The van der Waals surface area contributed by atoms with E-state index in [-0.39, 0.29) is 5.91 Å². The zero-order valence-electron chi connectivity index (χ0n) is 13.1. The maximum atomic E-state index is 11.7. The zero-order valence-corrected chi connectivity index (χ0v) is 13.1. The van der Waals surface area contributed by atoms with Crippen LogP contribution in [0.2, 0.25) is 0 Å². The highest BCUT2D eigenvalue weighted by atomic mass is 16.2. The van der Waals surface area contributed by atoms with Crippen molar-refractivity contribution in [3.63, 3.8) is 0 Å². The van der Waals surface area contributed by atoms with Crippen LogP contribution in [0.25, 0.3) is 0 Å². The second kappa shape index (κ2) is 6.89. The minimum Gasteiger partial charge on any atom is -0.357 e. The fourth-order valence-electron chi connectivity index (χ4n) is 2.42. The number of hydrogen-bond donors (Lipinski definition) is 2. The summed E-state index contributed by atoms with van der Waals surface area (Å²) in [7, 11) is 0. The summed E-state index contributed by atoms with van der Waals surface area (Å²) >= 11 is 0. The molecule has 0 spiro atoms. The lowest BCUT2D eigenvalue weighted by molar-refractivity contribution is -0.125. The van der Waals surface area contributed by atoms with E-state index < -0.39 is 5.54 Å². The average Bonchev–Trinajstić information content (AvgIpc) is 2.73. The van der Waals surface area contributed by atoms with Gasteiger partial charge in [-0.15, -0.1) is 0 Å². The van der Waals surface area contributed by atoms with Crippen molar-refractivity contribution in [1.29, 1.82) is 0 Å². The SMILES string of the molecule is CC(C)(N)C(=O)NCc1ccc(N2CCCCCC2)nc1. The predicted molar refractivity (Wildman–Crippen MR) is 85.0 cm³/mol. The molecule has 1 aliphatic rings. The van der Waals surface area contributed by atoms with Crippen molar-refractivity contribution in [3.05, 3.63) is 23.9 Å². The molecule has 0 aliphatic carbocycles. The molecule has 5 heteroatoms. The van der Waals surface area contributed by atoms with Gasteiger partial charge in [0.15, 0.2) is 0 Å². The fraction of sp³-hybridized carbons (Fsp3) is 0.625. The Hall–Kier alpha value is -1.62. The highest BCUT2D eigenvalue weighted by Gasteiger charge is 2.21. The summed E-state index contributed by atoms with van der Waals surface area (Å²) in [4.78, 5) is 18.6. The number of aromatic nitrogens is 1. The number of nitrogens with one attached hydrogen (secondary N) is 1. The van der Waals surface area contributed by atoms with Crippen molar-refractivity contribution in [1.82, 2.24) is 10.3 Å². The third-order valence-corrected chi connectivity index (χ3v) is 3.78. The van der Waals surface area contributed by atoms with Crippen molar-refractivity contribution >= 4 is 11.7 Å². The first-order chi connectivity index (χ1) is 9.97. The molecule has 2 rings (SSSR count). The molecule has 1 amide bonds. The zero-order chi connectivity index (χ0) is 15.3. The maximum absolute atomic E-state index is 11.7. The number of anilines is 1. The van der Waals surface area contributed by atoms with E-state index in [9.17, 15) is 4.79 Å². The van der Waals surface area contributed by atoms with Crippen LogP contribution in [-0.4, -0.2) is 29.5 Å². The quantitative estimate of drug-likeness (QED) is 0.887. The van der Waals surface area contributed by atoms with Gasteiger partial charge in [-0.1, -0.05) is 18.9 Å². The highest BCUT2D eigenvalue weighted by Crippen LogP contribution is 2.17. The van der Waals surface area contributed by atoms with Crippen molar-refractivity contribution in [2.24, 2.45) is 5.73 Å². The topological polar surface area (TPSA) is 71.2 Å². The van der Waals surface area contributed by atoms with Gasteiger partial charge in [-0.2, -0.15) is 0 Å². The first-order valence-corrected chi connectivity index (χ1v) is 7.74. The highest BCUT2D eigenvalue weighted by molar-refractivity contribution is 5.84. The van der Waals surface area contributed by atoms with Gasteiger partial charge in [0.1, 0.15) is 5.82 Å². The molecule has 21 heavy (non-hydrogen) atoms. The van der Waals surface area contributed by atoms with Gasteiger partial charge >= 0.3 is 0 Å². The predicted octanol–water partition coefficient (Wildman–Crippen LogP) is 1.82. The summed E-state index contributed by atoms with van der Waals surface area (Å²) in [5.41, 5.74) is 5.89. The molecule has 1 aliphatic heterocycles. The molecule has 2 heterocycles. The van der Waals surface area contributed by atoms with Crippen LogP contribution >= 0.6 is 0 Å². The largest absolute Gasteiger partial charge is 0.357 e. The Balaban J connectivity index is 1.91. The summed E-state index contributed by atoms with van der Waals surface area (Å²) in [6, 6.07) is 4.07. The number of nitrogens with two attached hydrogens (primary N) is 1. The molecule has 116 valence electrons. The minimum atomic E-state index is -0.848. The third-order valence-electron chi connectivity index (χ3n) is 3.78. The normalized spacial score (nSPS) is 16.4. The van der Waals surface area contributed by atoms with Crippen molar-refractivity contribution in [2.45, 2.75) is 51.6 Å². The lowest BCUT2D eigenvalue weighted by atomic mass is 10.1. The summed E-state index contributed by atoms with van der Waals surface area (Å²) in [5, 5.41) is 2.83. The van der Waals surface area contributed by atoms with Gasteiger partial charge in [0.2, 0.25) is 5.91 Å². The molecular formula is C16H26N4O. The van der Waals surface area contributed by atoms with Gasteiger partial charge in [-0.25, -0.2) is 4.98 Å². The molecule has 3 N–H and O–H groups in total. The number of nitrogens with zero attached hydrogens (tertiary/aromatic N) is 2. The lowest BCUT2D eigenvalue weighted by Crippen LogP contribution is -2.48. The van der Waals surface area contributed by atoms with Crippen molar-refractivity contribution < 1.29 is 4.79 Å². The van der Waals surface area contributed by atoms with Crippen LogP contribution in [0.1, 0.15) is 45.1 Å². The van der Waals surface area contributed by atoms with Crippen molar-refractivity contribution in [3.8, 4) is 0 Å². The van der Waals surface area contributed by atoms with Crippen LogP contribution in [0.4, 0.5) is 5.82 Å². The van der Waals surface area contributed by atoms with E-state index in [1.165, 1.54) is 25.7 Å². The van der Waals surface area contributed by atoms with Crippen LogP contribution in [0.3, 0.4) is 0 Å². The van der Waals surface area contributed by atoms with Gasteiger partial charge in [0.05, 0.1) is 5.54 Å². The Labute approximate surface area is 126 Å². The Morgan fingerprint density at radius 2 is 1.95 bits per heavy atom. The first kappa shape index (κ1) is 15.8. The first-order valence-electron chi connectivity index (χ1n) is 7.74. The number of hydrogen-bond acceptors (Lipinski definition) is 4. The van der Waals surface area contributed by atoms with E-state index >= 15 is 0 Å². The molecule has 5 nitrogen and oxygen atoms in total. The van der Waals surface area contributed by atoms with Crippen LogP contribution < -0.4 is 16.0 Å².